The molecule has 22 heavy (non-hydrogen) atoms. The van der Waals surface area contributed by atoms with Crippen molar-refractivity contribution in [2.24, 2.45) is 0 Å². The fraction of sp³-hybridized carbons (Fsp3) is 0.500. The van der Waals surface area contributed by atoms with Crippen molar-refractivity contribution in [1.82, 2.24) is 9.97 Å². The molecular formula is C16H19N3O3. The van der Waals surface area contributed by atoms with Crippen molar-refractivity contribution in [2.75, 3.05) is 32.3 Å². The zero-order valence-electron chi connectivity index (χ0n) is 12.8. The van der Waals surface area contributed by atoms with Crippen LogP contribution < -0.4 is 14.4 Å². The summed E-state index contributed by atoms with van der Waals surface area (Å²) in [4.78, 5) is 11.3. The largest absolute Gasteiger partial charge is 0.493 e. The van der Waals surface area contributed by atoms with Crippen LogP contribution in [0.15, 0.2) is 18.5 Å². The Balaban J connectivity index is 1.85. The van der Waals surface area contributed by atoms with Gasteiger partial charge in [-0.3, -0.25) is 0 Å². The first-order valence-electron chi connectivity index (χ1n) is 7.57. The second-order valence-corrected chi connectivity index (χ2v) is 5.64. The average molecular weight is 301 g/mol. The molecule has 3 heterocycles. The molecule has 1 unspecified atom stereocenters. The molecule has 1 aromatic carbocycles. The Morgan fingerprint density at radius 1 is 1.18 bits per heavy atom. The summed E-state index contributed by atoms with van der Waals surface area (Å²) in [5.41, 5.74) is 0.786. The molecule has 2 aliphatic heterocycles. The van der Waals surface area contributed by atoms with E-state index in [0.717, 1.165) is 42.7 Å². The summed E-state index contributed by atoms with van der Waals surface area (Å²) in [6.07, 6.45) is 4.06. The first-order valence-corrected chi connectivity index (χ1v) is 7.57. The molecule has 0 spiro atoms. The number of hydrogen-bond donors (Lipinski definition) is 0. The topological polar surface area (TPSA) is 56.7 Å². The van der Waals surface area contributed by atoms with Crippen LogP contribution in [0.25, 0.3) is 10.9 Å². The minimum Gasteiger partial charge on any atom is -0.493 e. The first kappa shape index (κ1) is 13.6. The molecule has 2 fully saturated rings. The molecule has 0 aliphatic carbocycles. The van der Waals surface area contributed by atoms with Crippen LogP contribution in [0.4, 0.5) is 5.82 Å². The Morgan fingerprint density at radius 3 is 2.91 bits per heavy atom. The van der Waals surface area contributed by atoms with Gasteiger partial charge < -0.3 is 19.1 Å². The number of rotatable bonds is 3. The van der Waals surface area contributed by atoms with Crippen LogP contribution in [-0.2, 0) is 4.74 Å². The average Bonchev–Trinajstić information content (AvgIpc) is 3.16. The number of anilines is 1. The molecule has 6 nitrogen and oxygen atoms in total. The molecule has 0 N–H and O–H groups in total. The Labute approximate surface area is 129 Å². The van der Waals surface area contributed by atoms with E-state index in [0.29, 0.717) is 23.6 Å². The molecule has 2 atom stereocenters. The van der Waals surface area contributed by atoms with Gasteiger partial charge in [0.1, 0.15) is 17.7 Å². The van der Waals surface area contributed by atoms with Gasteiger partial charge in [-0.25, -0.2) is 9.97 Å². The molecule has 2 saturated heterocycles. The number of methoxy groups -OCH3 is 2. The Kier molecular flexibility index (Phi) is 3.26. The number of ether oxygens (including phenoxy) is 3. The fourth-order valence-electron chi connectivity index (χ4n) is 3.62. The lowest BCUT2D eigenvalue weighted by atomic mass is 10.1. The molecule has 0 bridgehead atoms. The summed E-state index contributed by atoms with van der Waals surface area (Å²) in [5, 5.41) is 0.993. The molecule has 0 saturated carbocycles. The molecule has 0 radical (unpaired) electrons. The van der Waals surface area contributed by atoms with Gasteiger partial charge >= 0.3 is 0 Å². The highest BCUT2D eigenvalue weighted by molar-refractivity contribution is 5.95. The number of nitrogens with zero attached hydrogens (tertiary/aromatic N) is 3. The van der Waals surface area contributed by atoms with Gasteiger partial charge in [-0.1, -0.05) is 0 Å². The maximum absolute atomic E-state index is 5.79. The third-order valence-corrected chi connectivity index (χ3v) is 4.63. The normalized spacial score (nSPS) is 23.8. The minimum absolute atomic E-state index is 0.338. The van der Waals surface area contributed by atoms with Crippen molar-refractivity contribution < 1.29 is 14.2 Å². The highest BCUT2D eigenvalue weighted by atomic mass is 16.5. The molecule has 6 heteroatoms. The Bertz CT molecular complexity index is 706. The van der Waals surface area contributed by atoms with E-state index in [-0.39, 0.29) is 0 Å². The van der Waals surface area contributed by atoms with Gasteiger partial charge in [0.2, 0.25) is 0 Å². The lowest BCUT2D eigenvalue weighted by Crippen LogP contribution is -2.32. The number of benzene rings is 1. The lowest BCUT2D eigenvalue weighted by molar-refractivity contribution is 0.113. The van der Waals surface area contributed by atoms with E-state index in [9.17, 15) is 0 Å². The van der Waals surface area contributed by atoms with E-state index in [2.05, 4.69) is 14.9 Å². The van der Waals surface area contributed by atoms with Crippen LogP contribution in [0.2, 0.25) is 0 Å². The number of fused-ring (bicyclic) bond motifs is 2. The predicted molar refractivity (Wildman–Crippen MR) is 82.8 cm³/mol. The van der Waals surface area contributed by atoms with E-state index in [1.807, 2.05) is 12.1 Å². The second kappa shape index (κ2) is 5.28. The second-order valence-electron chi connectivity index (χ2n) is 5.64. The molecular weight excluding hydrogens is 282 g/mol. The molecule has 1 aromatic heterocycles. The summed E-state index contributed by atoms with van der Waals surface area (Å²) in [6, 6.07) is 4.34. The quantitative estimate of drug-likeness (QED) is 0.864. The van der Waals surface area contributed by atoms with E-state index in [4.69, 9.17) is 14.2 Å². The summed E-state index contributed by atoms with van der Waals surface area (Å²) in [7, 11) is 3.27. The summed E-state index contributed by atoms with van der Waals surface area (Å²) >= 11 is 0. The van der Waals surface area contributed by atoms with Crippen LogP contribution in [0, 0.1) is 0 Å². The monoisotopic (exact) mass is 301 g/mol. The zero-order chi connectivity index (χ0) is 15.1. The van der Waals surface area contributed by atoms with Crippen molar-refractivity contribution in [2.45, 2.75) is 25.0 Å². The van der Waals surface area contributed by atoms with Crippen LogP contribution in [-0.4, -0.2) is 49.5 Å². The van der Waals surface area contributed by atoms with Crippen LogP contribution in [0.5, 0.6) is 11.5 Å². The lowest BCUT2D eigenvalue weighted by Gasteiger charge is -2.25. The summed E-state index contributed by atoms with van der Waals surface area (Å²) < 4.78 is 16.6. The maximum atomic E-state index is 5.79. The fourth-order valence-corrected chi connectivity index (χ4v) is 3.62. The van der Waals surface area contributed by atoms with E-state index in [1.54, 1.807) is 20.5 Å². The Hall–Kier alpha value is -2.08. The number of hydrogen-bond acceptors (Lipinski definition) is 6. The molecule has 116 valence electrons. The van der Waals surface area contributed by atoms with Crippen molar-refractivity contribution in [3.8, 4) is 11.5 Å². The minimum atomic E-state index is 0.338. The van der Waals surface area contributed by atoms with Gasteiger partial charge in [-0.2, -0.15) is 0 Å². The summed E-state index contributed by atoms with van der Waals surface area (Å²) in [6.45, 7) is 1.81. The van der Waals surface area contributed by atoms with Gasteiger partial charge in [-0.05, 0) is 25.0 Å². The van der Waals surface area contributed by atoms with Crippen LogP contribution >= 0.6 is 0 Å². The van der Waals surface area contributed by atoms with Crippen molar-refractivity contribution in [1.29, 1.82) is 0 Å². The molecule has 4 rings (SSSR count). The SMILES string of the molecule is COc1ccc2c(N3CC[C@H]4OCCC43)ncnc2c1OC. The summed E-state index contributed by atoms with van der Waals surface area (Å²) in [5.74, 6) is 2.30. The van der Waals surface area contributed by atoms with Gasteiger partial charge in [0, 0.05) is 18.5 Å². The molecule has 0 amide bonds. The first-order chi connectivity index (χ1) is 10.8. The molecule has 2 aliphatic rings. The van der Waals surface area contributed by atoms with Gasteiger partial charge in [0.15, 0.2) is 11.5 Å². The number of aromatic nitrogens is 2. The van der Waals surface area contributed by atoms with Crippen molar-refractivity contribution in [3.05, 3.63) is 18.5 Å². The van der Waals surface area contributed by atoms with Crippen molar-refractivity contribution >= 4 is 16.7 Å². The maximum Gasteiger partial charge on any atom is 0.187 e. The van der Waals surface area contributed by atoms with E-state index >= 15 is 0 Å². The smallest absolute Gasteiger partial charge is 0.187 e. The molecule has 2 aromatic rings. The third-order valence-electron chi connectivity index (χ3n) is 4.63. The standard InChI is InChI=1S/C16H19N3O3/c1-20-13-4-3-10-14(15(13)21-2)17-9-18-16(10)19-7-5-12-11(19)6-8-22-12/h3-4,9,11-12H,5-8H2,1-2H3/t11?,12-/m1/s1. The van der Waals surface area contributed by atoms with Gasteiger partial charge in [0.25, 0.3) is 0 Å². The van der Waals surface area contributed by atoms with E-state index < -0.39 is 0 Å². The third kappa shape index (κ3) is 1.90. The van der Waals surface area contributed by atoms with Crippen molar-refractivity contribution in [3.63, 3.8) is 0 Å². The highest BCUT2D eigenvalue weighted by Crippen LogP contribution is 2.40. The highest BCUT2D eigenvalue weighted by Gasteiger charge is 2.40. The van der Waals surface area contributed by atoms with Crippen LogP contribution in [0.1, 0.15) is 12.8 Å². The Morgan fingerprint density at radius 2 is 2.09 bits per heavy atom. The predicted octanol–water partition coefficient (Wildman–Crippen LogP) is 2.01. The van der Waals surface area contributed by atoms with E-state index in [1.165, 1.54) is 0 Å². The van der Waals surface area contributed by atoms with Gasteiger partial charge in [0.05, 0.1) is 26.4 Å². The zero-order valence-corrected chi connectivity index (χ0v) is 12.8. The van der Waals surface area contributed by atoms with Gasteiger partial charge in [-0.15, -0.1) is 0 Å². The van der Waals surface area contributed by atoms with Crippen LogP contribution in [0.3, 0.4) is 0 Å².